The van der Waals surface area contributed by atoms with Crippen LogP contribution >= 0.6 is 11.6 Å². The normalized spacial score (nSPS) is 17.9. The zero-order valence-electron chi connectivity index (χ0n) is 22.8. The number of halogens is 4. The molecule has 2 aliphatic rings. The third-order valence-electron chi connectivity index (χ3n) is 7.98. The van der Waals surface area contributed by atoms with Crippen LogP contribution in [0, 0.1) is 0 Å². The third kappa shape index (κ3) is 7.40. The first kappa shape index (κ1) is 30.0. The summed E-state index contributed by atoms with van der Waals surface area (Å²) >= 11 is 5.65. The fourth-order valence-corrected chi connectivity index (χ4v) is 5.64. The zero-order chi connectivity index (χ0) is 28.9. The molecule has 2 aromatic rings. The van der Waals surface area contributed by atoms with E-state index in [0.717, 1.165) is 25.0 Å². The molecule has 1 aliphatic carbocycles. The van der Waals surface area contributed by atoms with Crippen LogP contribution in [0.1, 0.15) is 60.9 Å². The molecule has 1 aliphatic heterocycles. The summed E-state index contributed by atoms with van der Waals surface area (Å²) in [7, 11) is 4.15. The lowest BCUT2D eigenvalue weighted by molar-refractivity contribution is -0.137. The Bertz CT molecular complexity index is 1180. The number of benzene rings is 2. The molecular formula is C29H36ClF3N4O3. The SMILES string of the molecule is CN(C)C1(CNC(=O)c2ccc(OC3CCN(C(=O)Nc4ccc(Cl)c(C(F)(F)F)c4)CC3)cc2)CCCCC1. The van der Waals surface area contributed by atoms with Gasteiger partial charge >= 0.3 is 12.2 Å². The van der Waals surface area contributed by atoms with Gasteiger partial charge in [-0.25, -0.2) is 4.79 Å². The Kier molecular flexibility index (Phi) is 9.51. The highest BCUT2D eigenvalue weighted by Gasteiger charge is 2.35. The number of carbonyl (C=O) groups excluding carboxylic acids is 2. The van der Waals surface area contributed by atoms with Crippen molar-refractivity contribution in [1.29, 1.82) is 0 Å². The fraction of sp³-hybridized carbons (Fsp3) is 0.517. The van der Waals surface area contributed by atoms with Crippen LogP contribution in [0.5, 0.6) is 5.75 Å². The number of nitrogens with zero attached hydrogens (tertiary/aromatic N) is 2. The topological polar surface area (TPSA) is 73.9 Å². The number of hydrogen-bond donors (Lipinski definition) is 2. The van der Waals surface area contributed by atoms with E-state index < -0.39 is 22.8 Å². The maximum Gasteiger partial charge on any atom is 0.417 e. The molecular weight excluding hydrogens is 545 g/mol. The molecule has 2 aromatic carbocycles. The number of amides is 3. The van der Waals surface area contributed by atoms with Gasteiger partial charge in [-0.3, -0.25) is 4.79 Å². The summed E-state index contributed by atoms with van der Waals surface area (Å²) in [6, 6.07) is 9.85. The van der Waals surface area contributed by atoms with E-state index in [1.54, 1.807) is 29.2 Å². The second kappa shape index (κ2) is 12.7. The lowest BCUT2D eigenvalue weighted by atomic mass is 9.80. The van der Waals surface area contributed by atoms with Gasteiger partial charge in [-0.2, -0.15) is 13.2 Å². The summed E-state index contributed by atoms with van der Waals surface area (Å²) in [6.45, 7) is 1.40. The number of rotatable bonds is 7. The van der Waals surface area contributed by atoms with E-state index in [1.165, 1.54) is 25.3 Å². The molecule has 0 unspecified atom stereocenters. The van der Waals surface area contributed by atoms with Gasteiger partial charge in [0, 0.05) is 49.3 Å². The van der Waals surface area contributed by atoms with Crippen molar-refractivity contribution in [3.63, 3.8) is 0 Å². The van der Waals surface area contributed by atoms with E-state index in [4.69, 9.17) is 16.3 Å². The van der Waals surface area contributed by atoms with Crippen LogP contribution in [-0.4, -0.2) is 67.1 Å². The van der Waals surface area contributed by atoms with Gasteiger partial charge in [-0.1, -0.05) is 30.9 Å². The molecule has 218 valence electrons. The Hall–Kier alpha value is -2.98. The van der Waals surface area contributed by atoms with Crippen LogP contribution in [0.25, 0.3) is 0 Å². The highest BCUT2D eigenvalue weighted by Crippen LogP contribution is 2.36. The zero-order valence-corrected chi connectivity index (χ0v) is 23.6. The average molecular weight is 581 g/mol. The van der Waals surface area contributed by atoms with Crippen LogP contribution in [0.15, 0.2) is 42.5 Å². The second-order valence-electron chi connectivity index (χ2n) is 10.8. The van der Waals surface area contributed by atoms with E-state index in [2.05, 4.69) is 29.6 Å². The largest absolute Gasteiger partial charge is 0.490 e. The van der Waals surface area contributed by atoms with Crippen molar-refractivity contribution >= 4 is 29.2 Å². The molecule has 0 radical (unpaired) electrons. The Balaban J connectivity index is 1.24. The van der Waals surface area contributed by atoms with Crippen molar-refractivity contribution in [2.24, 2.45) is 0 Å². The fourth-order valence-electron chi connectivity index (χ4n) is 5.42. The molecule has 0 atom stereocenters. The molecule has 2 fully saturated rings. The number of carbonyl (C=O) groups is 2. The molecule has 1 saturated heterocycles. The molecule has 2 N–H and O–H groups in total. The Morgan fingerprint density at radius 1 is 1.05 bits per heavy atom. The molecule has 0 spiro atoms. The van der Waals surface area contributed by atoms with Gasteiger partial charge in [-0.15, -0.1) is 0 Å². The van der Waals surface area contributed by atoms with Crippen LogP contribution in [0.2, 0.25) is 5.02 Å². The average Bonchev–Trinajstić information content (AvgIpc) is 2.93. The minimum Gasteiger partial charge on any atom is -0.490 e. The highest BCUT2D eigenvalue weighted by molar-refractivity contribution is 6.31. The first-order valence-corrected chi connectivity index (χ1v) is 14.0. The number of piperidine rings is 1. The van der Waals surface area contributed by atoms with Gasteiger partial charge in [0.2, 0.25) is 0 Å². The predicted octanol–water partition coefficient (Wildman–Crippen LogP) is 6.43. The number of alkyl halides is 3. The minimum absolute atomic E-state index is 0.00353. The van der Waals surface area contributed by atoms with Crippen molar-refractivity contribution in [2.75, 3.05) is 39.0 Å². The lowest BCUT2D eigenvalue weighted by Gasteiger charge is -2.43. The molecule has 0 bridgehead atoms. The quantitative estimate of drug-likeness (QED) is 0.396. The van der Waals surface area contributed by atoms with Crippen LogP contribution in [0.3, 0.4) is 0 Å². The number of likely N-dealkylation sites (N-methyl/N-ethyl adjacent to an activating group) is 1. The number of nitrogens with one attached hydrogen (secondary N) is 2. The van der Waals surface area contributed by atoms with Gasteiger partial charge in [0.1, 0.15) is 11.9 Å². The standard InChI is InChI=1S/C29H36ClF3N4O3/c1-36(2)28(14-4-3-5-15-28)19-34-26(38)20-6-9-22(10-7-20)40-23-12-16-37(17-13-23)27(39)35-21-8-11-25(30)24(18-21)29(31,32)33/h6-11,18,23H,3-5,12-17,19H2,1-2H3,(H,34,38)(H,35,39). The lowest BCUT2D eigenvalue weighted by Crippen LogP contribution is -2.53. The number of ether oxygens (including phenoxy) is 1. The number of likely N-dealkylation sites (tertiary alicyclic amines) is 1. The van der Waals surface area contributed by atoms with Gasteiger partial charge in [0.15, 0.2) is 0 Å². The Labute approximate surface area is 238 Å². The number of hydrogen-bond acceptors (Lipinski definition) is 4. The Morgan fingerprint density at radius 3 is 2.30 bits per heavy atom. The molecule has 3 amide bonds. The van der Waals surface area contributed by atoms with E-state index in [0.29, 0.717) is 43.8 Å². The highest BCUT2D eigenvalue weighted by atomic mass is 35.5. The van der Waals surface area contributed by atoms with Crippen LogP contribution < -0.4 is 15.4 Å². The monoisotopic (exact) mass is 580 g/mol. The van der Waals surface area contributed by atoms with Crippen LogP contribution in [-0.2, 0) is 6.18 Å². The summed E-state index contributed by atoms with van der Waals surface area (Å²) < 4.78 is 45.4. The molecule has 1 saturated carbocycles. The van der Waals surface area contributed by atoms with Crippen molar-refractivity contribution in [3.8, 4) is 5.75 Å². The summed E-state index contributed by atoms with van der Waals surface area (Å²) in [5, 5.41) is 5.21. The van der Waals surface area contributed by atoms with Gasteiger partial charge < -0.3 is 25.2 Å². The smallest absolute Gasteiger partial charge is 0.417 e. The first-order chi connectivity index (χ1) is 19.0. The number of urea groups is 1. The van der Waals surface area contributed by atoms with Crippen molar-refractivity contribution in [3.05, 3.63) is 58.6 Å². The molecule has 40 heavy (non-hydrogen) atoms. The van der Waals surface area contributed by atoms with Crippen LogP contribution in [0.4, 0.5) is 23.7 Å². The first-order valence-electron chi connectivity index (χ1n) is 13.6. The van der Waals surface area contributed by atoms with Gasteiger partial charge in [0.05, 0.1) is 10.6 Å². The van der Waals surface area contributed by atoms with E-state index in [9.17, 15) is 22.8 Å². The summed E-state index contributed by atoms with van der Waals surface area (Å²) in [5.74, 6) is 0.526. The molecule has 4 rings (SSSR count). The van der Waals surface area contributed by atoms with E-state index in [1.807, 2.05) is 0 Å². The maximum absolute atomic E-state index is 13.1. The molecule has 7 nitrogen and oxygen atoms in total. The van der Waals surface area contributed by atoms with Gasteiger partial charge in [0.25, 0.3) is 5.91 Å². The summed E-state index contributed by atoms with van der Waals surface area (Å²) in [5.41, 5.74) is -0.396. The maximum atomic E-state index is 13.1. The number of anilines is 1. The van der Waals surface area contributed by atoms with Crippen molar-refractivity contribution in [1.82, 2.24) is 15.1 Å². The predicted molar refractivity (Wildman–Crippen MR) is 149 cm³/mol. The van der Waals surface area contributed by atoms with Crippen molar-refractivity contribution < 1.29 is 27.5 Å². The molecule has 1 heterocycles. The summed E-state index contributed by atoms with van der Waals surface area (Å²) in [4.78, 5) is 29.2. The van der Waals surface area contributed by atoms with E-state index in [-0.39, 0.29) is 23.2 Å². The van der Waals surface area contributed by atoms with Crippen molar-refractivity contribution in [2.45, 2.75) is 62.8 Å². The second-order valence-corrected chi connectivity index (χ2v) is 11.2. The minimum atomic E-state index is -4.61. The van der Waals surface area contributed by atoms with E-state index >= 15 is 0 Å². The molecule has 0 aromatic heterocycles. The van der Waals surface area contributed by atoms with Gasteiger partial charge in [-0.05, 0) is 69.4 Å². The molecule has 11 heteroatoms. The summed E-state index contributed by atoms with van der Waals surface area (Å²) in [6.07, 6.45) is 2.15. The third-order valence-corrected chi connectivity index (χ3v) is 8.31. The Morgan fingerprint density at radius 2 is 1.70 bits per heavy atom.